The molecule has 0 aromatic heterocycles. The molecule has 4 rings (SSSR count). The van der Waals surface area contributed by atoms with Crippen LogP contribution in [0, 0.1) is 0 Å². The zero-order valence-electron chi connectivity index (χ0n) is 13.9. The van der Waals surface area contributed by atoms with Crippen LogP contribution in [0.5, 0.6) is 0 Å². The van der Waals surface area contributed by atoms with Crippen molar-refractivity contribution >= 4 is 31.9 Å². The summed E-state index contributed by atoms with van der Waals surface area (Å²) in [5.41, 5.74) is 0.185. The van der Waals surface area contributed by atoms with Gasteiger partial charge in [-0.25, -0.2) is 25.4 Å². The van der Waals surface area contributed by atoms with Crippen molar-refractivity contribution in [2.75, 3.05) is 13.1 Å². The molecule has 0 N–H and O–H groups in total. The van der Waals surface area contributed by atoms with Gasteiger partial charge in [-0.15, -0.1) is 0 Å². The summed E-state index contributed by atoms with van der Waals surface area (Å²) in [6.07, 6.45) is -0.00207. The second kappa shape index (κ2) is 5.89. The fourth-order valence-corrected chi connectivity index (χ4v) is 6.48. The molecular formula is C17H14N2O6S2. The van der Waals surface area contributed by atoms with Crippen LogP contribution in [0.4, 0.5) is 0 Å². The van der Waals surface area contributed by atoms with Crippen molar-refractivity contribution in [2.45, 2.75) is 16.2 Å². The molecule has 0 unspecified atom stereocenters. The molecule has 0 fully saturated rings. The molecule has 2 aliphatic heterocycles. The van der Waals surface area contributed by atoms with Crippen molar-refractivity contribution in [3.8, 4) is 0 Å². The minimum absolute atomic E-state index is 0.00207. The lowest BCUT2D eigenvalue weighted by molar-refractivity contribution is 0.0857. The summed E-state index contributed by atoms with van der Waals surface area (Å²) in [5, 5.41) is 0. The lowest BCUT2D eigenvalue weighted by atomic mass is 10.2. The van der Waals surface area contributed by atoms with Crippen molar-refractivity contribution < 1.29 is 26.4 Å². The molecule has 2 amide bonds. The summed E-state index contributed by atoms with van der Waals surface area (Å²) >= 11 is 0. The molecule has 0 spiro atoms. The maximum absolute atomic E-state index is 12.5. The first kappa shape index (κ1) is 17.7. The van der Waals surface area contributed by atoms with Gasteiger partial charge in [0.2, 0.25) is 0 Å². The van der Waals surface area contributed by atoms with Gasteiger partial charge in [0.25, 0.3) is 31.9 Å². The third kappa shape index (κ3) is 2.47. The number of benzene rings is 2. The Balaban J connectivity index is 1.52. The predicted molar refractivity (Wildman–Crippen MR) is 93.9 cm³/mol. The summed E-state index contributed by atoms with van der Waals surface area (Å²) in [5.74, 6) is -1.30. The molecule has 0 radical (unpaired) electrons. The van der Waals surface area contributed by atoms with E-state index in [1.165, 1.54) is 36.4 Å². The van der Waals surface area contributed by atoms with E-state index in [1.54, 1.807) is 12.1 Å². The Kier molecular flexibility index (Phi) is 3.86. The van der Waals surface area contributed by atoms with Gasteiger partial charge in [-0.1, -0.05) is 24.3 Å². The molecule has 0 saturated carbocycles. The summed E-state index contributed by atoms with van der Waals surface area (Å²) in [4.78, 5) is 24.6. The molecule has 2 heterocycles. The Bertz CT molecular complexity index is 1090. The minimum atomic E-state index is -3.96. The van der Waals surface area contributed by atoms with Crippen LogP contribution in [-0.4, -0.2) is 50.3 Å². The van der Waals surface area contributed by atoms with E-state index in [1.807, 2.05) is 0 Å². The molecule has 8 nitrogen and oxygen atoms in total. The second-order valence-electron chi connectivity index (χ2n) is 6.11. The molecule has 0 atom stereocenters. The Labute approximate surface area is 156 Å². The van der Waals surface area contributed by atoms with E-state index in [0.29, 0.717) is 0 Å². The van der Waals surface area contributed by atoms with Gasteiger partial charge in [0.05, 0.1) is 11.1 Å². The van der Waals surface area contributed by atoms with Gasteiger partial charge in [0.1, 0.15) is 9.79 Å². The molecule has 2 aromatic carbocycles. The monoisotopic (exact) mass is 406 g/mol. The van der Waals surface area contributed by atoms with E-state index in [4.69, 9.17) is 0 Å². The van der Waals surface area contributed by atoms with Gasteiger partial charge in [-0.05, 0) is 30.7 Å². The standard InChI is InChI=1S/C17H14N2O6S2/c20-16-12-6-1-3-8-14(12)26(22,23)18(16)10-5-11-19-17(21)13-7-2-4-9-15(13)27(19,24)25/h1-4,6-9H,5,10-11H2. The predicted octanol–water partition coefficient (Wildman–Crippen LogP) is 1.07. The first-order valence-electron chi connectivity index (χ1n) is 8.08. The number of carbonyl (C=O) groups excluding carboxylic acids is 2. The van der Waals surface area contributed by atoms with Crippen LogP contribution >= 0.6 is 0 Å². The fraction of sp³-hybridized carbons (Fsp3) is 0.176. The molecular weight excluding hydrogens is 392 g/mol. The maximum Gasteiger partial charge on any atom is 0.269 e. The first-order chi connectivity index (χ1) is 12.8. The van der Waals surface area contributed by atoms with Gasteiger partial charge < -0.3 is 0 Å². The van der Waals surface area contributed by atoms with E-state index in [0.717, 1.165) is 8.61 Å². The quantitative estimate of drug-likeness (QED) is 0.751. The number of hydrogen-bond donors (Lipinski definition) is 0. The highest BCUT2D eigenvalue weighted by Crippen LogP contribution is 2.32. The van der Waals surface area contributed by atoms with E-state index >= 15 is 0 Å². The lowest BCUT2D eigenvalue weighted by Crippen LogP contribution is -2.36. The van der Waals surface area contributed by atoms with Gasteiger partial charge >= 0.3 is 0 Å². The summed E-state index contributed by atoms with van der Waals surface area (Å²) in [6, 6.07) is 11.8. The molecule has 0 bridgehead atoms. The van der Waals surface area contributed by atoms with Crippen LogP contribution in [0.15, 0.2) is 58.3 Å². The van der Waals surface area contributed by atoms with Gasteiger partial charge in [-0.3, -0.25) is 9.59 Å². The fourth-order valence-electron chi connectivity index (χ4n) is 3.26. The molecule has 2 aromatic rings. The highest BCUT2D eigenvalue weighted by molar-refractivity contribution is 7.90. The van der Waals surface area contributed by atoms with Gasteiger partial charge in [-0.2, -0.15) is 0 Å². The highest BCUT2D eigenvalue weighted by atomic mass is 32.2. The number of fused-ring (bicyclic) bond motifs is 2. The minimum Gasteiger partial charge on any atom is -0.268 e. The Morgan fingerprint density at radius 2 is 1.00 bits per heavy atom. The summed E-state index contributed by atoms with van der Waals surface area (Å²) in [6.45, 7) is -0.434. The Morgan fingerprint density at radius 3 is 1.37 bits per heavy atom. The summed E-state index contributed by atoms with van der Waals surface area (Å²) < 4.78 is 51.4. The van der Waals surface area contributed by atoms with Crippen LogP contribution in [0.2, 0.25) is 0 Å². The molecule has 10 heteroatoms. The van der Waals surface area contributed by atoms with Crippen LogP contribution in [-0.2, 0) is 20.0 Å². The Morgan fingerprint density at radius 1 is 0.630 bits per heavy atom. The topological polar surface area (TPSA) is 109 Å². The van der Waals surface area contributed by atoms with Crippen LogP contribution in [0.1, 0.15) is 27.1 Å². The normalized spacial score (nSPS) is 19.3. The SMILES string of the molecule is O=C1c2ccccc2S(=O)(=O)N1CCCN1C(=O)c2ccccc2S1(=O)=O. The average Bonchev–Trinajstić information content (AvgIpc) is 2.96. The second-order valence-corrected chi connectivity index (χ2v) is 9.77. The largest absolute Gasteiger partial charge is 0.269 e. The number of nitrogens with zero attached hydrogens (tertiary/aromatic N) is 2. The van der Waals surface area contributed by atoms with Gasteiger partial charge in [0, 0.05) is 13.1 Å². The average molecular weight is 406 g/mol. The van der Waals surface area contributed by atoms with Crippen molar-refractivity contribution in [3.05, 3.63) is 59.7 Å². The Hall–Kier alpha value is -2.72. The third-order valence-corrected chi connectivity index (χ3v) is 8.23. The third-order valence-electron chi connectivity index (χ3n) is 4.55. The van der Waals surface area contributed by atoms with E-state index in [9.17, 15) is 26.4 Å². The first-order valence-corrected chi connectivity index (χ1v) is 11.0. The number of rotatable bonds is 4. The highest BCUT2D eigenvalue weighted by Gasteiger charge is 2.42. The van der Waals surface area contributed by atoms with Crippen molar-refractivity contribution in [3.63, 3.8) is 0 Å². The summed E-state index contributed by atoms with van der Waals surface area (Å²) in [7, 11) is -7.91. The smallest absolute Gasteiger partial charge is 0.268 e. The van der Waals surface area contributed by atoms with Crippen molar-refractivity contribution in [2.24, 2.45) is 0 Å². The maximum atomic E-state index is 12.5. The molecule has 27 heavy (non-hydrogen) atoms. The number of carbonyl (C=O) groups is 2. The van der Waals surface area contributed by atoms with E-state index in [-0.39, 0.29) is 40.4 Å². The molecule has 140 valence electrons. The number of amides is 2. The number of hydrogen-bond acceptors (Lipinski definition) is 6. The van der Waals surface area contributed by atoms with Crippen LogP contribution in [0.3, 0.4) is 0 Å². The van der Waals surface area contributed by atoms with E-state index < -0.39 is 31.9 Å². The van der Waals surface area contributed by atoms with Gasteiger partial charge in [0.15, 0.2) is 0 Å². The molecule has 2 aliphatic rings. The zero-order chi connectivity index (χ0) is 19.4. The zero-order valence-corrected chi connectivity index (χ0v) is 15.5. The lowest BCUT2D eigenvalue weighted by Gasteiger charge is -2.18. The van der Waals surface area contributed by atoms with Crippen LogP contribution < -0.4 is 0 Å². The molecule has 0 saturated heterocycles. The van der Waals surface area contributed by atoms with Crippen molar-refractivity contribution in [1.29, 1.82) is 0 Å². The van der Waals surface area contributed by atoms with Crippen LogP contribution in [0.25, 0.3) is 0 Å². The van der Waals surface area contributed by atoms with Crippen molar-refractivity contribution in [1.82, 2.24) is 8.61 Å². The van der Waals surface area contributed by atoms with E-state index in [2.05, 4.69) is 0 Å². The molecule has 0 aliphatic carbocycles. The number of sulfonamides is 2.